The fourth-order valence-electron chi connectivity index (χ4n) is 2.80. The van der Waals surface area contributed by atoms with Gasteiger partial charge >= 0.3 is 0 Å². The van der Waals surface area contributed by atoms with Crippen molar-refractivity contribution in [1.29, 1.82) is 0 Å². The number of nitro benzene ring substituents is 1. The number of carbonyl (C=O) groups excluding carboxylic acids is 1. The van der Waals surface area contributed by atoms with Gasteiger partial charge in [-0.3, -0.25) is 14.9 Å². The average Bonchev–Trinajstić information content (AvgIpc) is 2.70. The fourth-order valence-corrected chi connectivity index (χ4v) is 2.80. The molecule has 2 aromatic carbocycles. The lowest BCUT2D eigenvalue weighted by Gasteiger charge is -2.22. The molecule has 0 aliphatic carbocycles. The number of carbonyl (C=O) groups is 1. The molecule has 7 nitrogen and oxygen atoms in total. The first-order valence-electron chi connectivity index (χ1n) is 8.69. The van der Waals surface area contributed by atoms with E-state index in [0.29, 0.717) is 30.3 Å². The van der Waals surface area contributed by atoms with E-state index in [1.807, 2.05) is 25.1 Å². The van der Waals surface area contributed by atoms with Crippen molar-refractivity contribution >= 4 is 17.7 Å². The number of amides is 1. The van der Waals surface area contributed by atoms with E-state index in [9.17, 15) is 14.9 Å². The van der Waals surface area contributed by atoms with E-state index in [1.54, 1.807) is 18.2 Å². The topological polar surface area (TPSA) is 90.7 Å². The van der Waals surface area contributed by atoms with Crippen LogP contribution in [0.3, 0.4) is 0 Å². The van der Waals surface area contributed by atoms with Gasteiger partial charge in [0.05, 0.1) is 11.0 Å². The Morgan fingerprint density at radius 3 is 2.56 bits per heavy atom. The molecule has 1 atom stereocenters. The average molecular weight is 368 g/mol. The molecule has 1 aliphatic rings. The van der Waals surface area contributed by atoms with E-state index in [-0.39, 0.29) is 17.6 Å². The summed E-state index contributed by atoms with van der Waals surface area (Å²) in [7, 11) is 0. The summed E-state index contributed by atoms with van der Waals surface area (Å²) < 4.78 is 11.1. The van der Waals surface area contributed by atoms with Gasteiger partial charge in [0.2, 0.25) is 5.91 Å². The fraction of sp³-hybridized carbons (Fsp3) is 0.250. The molecule has 0 saturated carbocycles. The van der Waals surface area contributed by atoms with E-state index < -0.39 is 4.92 Å². The lowest BCUT2D eigenvalue weighted by Crippen LogP contribution is -2.26. The summed E-state index contributed by atoms with van der Waals surface area (Å²) in [5.41, 5.74) is 1.67. The van der Waals surface area contributed by atoms with E-state index in [0.717, 1.165) is 12.0 Å². The Morgan fingerprint density at radius 2 is 1.89 bits per heavy atom. The number of ether oxygens (including phenoxy) is 2. The number of fused-ring (bicyclic) bond motifs is 1. The van der Waals surface area contributed by atoms with E-state index in [1.165, 1.54) is 18.2 Å². The molecule has 0 spiro atoms. The standard InChI is InChI=1S/C20H20N2O5/c1-2-17(15-6-9-18-19(13-15)27-12-11-26-18)21-20(23)10-5-14-3-7-16(8-4-14)22(24)25/h3-10,13,17H,2,11-12H2,1H3,(H,21,23). The summed E-state index contributed by atoms with van der Waals surface area (Å²) in [5.74, 6) is 1.16. The molecule has 0 bridgehead atoms. The Morgan fingerprint density at radius 1 is 1.19 bits per heavy atom. The molecular formula is C20H20N2O5. The quantitative estimate of drug-likeness (QED) is 0.477. The number of rotatable bonds is 6. The van der Waals surface area contributed by atoms with Crippen molar-refractivity contribution in [3.05, 3.63) is 69.8 Å². The van der Waals surface area contributed by atoms with Crippen molar-refractivity contribution in [2.75, 3.05) is 13.2 Å². The number of nitrogens with zero attached hydrogens (tertiary/aromatic N) is 1. The maximum absolute atomic E-state index is 12.3. The highest BCUT2D eigenvalue weighted by Gasteiger charge is 2.17. The van der Waals surface area contributed by atoms with Crippen molar-refractivity contribution in [2.24, 2.45) is 0 Å². The Kier molecular flexibility index (Phi) is 5.71. The van der Waals surface area contributed by atoms with Gasteiger partial charge in [-0.25, -0.2) is 0 Å². The zero-order valence-electron chi connectivity index (χ0n) is 14.9. The maximum Gasteiger partial charge on any atom is 0.269 e. The van der Waals surface area contributed by atoms with Gasteiger partial charge in [0.15, 0.2) is 11.5 Å². The lowest BCUT2D eigenvalue weighted by molar-refractivity contribution is -0.384. The lowest BCUT2D eigenvalue weighted by atomic mass is 10.0. The highest BCUT2D eigenvalue weighted by Crippen LogP contribution is 2.33. The van der Waals surface area contributed by atoms with Gasteiger partial charge in [-0.2, -0.15) is 0 Å². The number of benzene rings is 2. The predicted molar refractivity (Wildman–Crippen MR) is 101 cm³/mol. The zero-order chi connectivity index (χ0) is 19.2. The predicted octanol–water partition coefficient (Wildman–Crippen LogP) is 3.65. The third kappa shape index (κ3) is 4.63. The van der Waals surface area contributed by atoms with Crippen molar-refractivity contribution in [3.8, 4) is 11.5 Å². The van der Waals surface area contributed by atoms with Crippen LogP contribution in [0.4, 0.5) is 5.69 Å². The summed E-state index contributed by atoms with van der Waals surface area (Å²) in [5, 5.41) is 13.6. The van der Waals surface area contributed by atoms with Crippen molar-refractivity contribution in [3.63, 3.8) is 0 Å². The summed E-state index contributed by atoms with van der Waals surface area (Å²) in [6.45, 7) is 3.03. The second-order valence-electron chi connectivity index (χ2n) is 6.05. The molecule has 2 aromatic rings. The minimum Gasteiger partial charge on any atom is -0.486 e. The van der Waals surface area contributed by atoms with Gasteiger partial charge in [0.25, 0.3) is 5.69 Å². The number of hydrogen-bond donors (Lipinski definition) is 1. The van der Waals surface area contributed by atoms with Gasteiger partial charge in [-0.1, -0.05) is 13.0 Å². The number of nitro groups is 1. The molecule has 1 unspecified atom stereocenters. The van der Waals surface area contributed by atoms with Gasteiger partial charge in [0.1, 0.15) is 13.2 Å². The van der Waals surface area contributed by atoms with Gasteiger partial charge in [0, 0.05) is 18.2 Å². The number of nitrogens with one attached hydrogen (secondary N) is 1. The first-order valence-corrected chi connectivity index (χ1v) is 8.69. The van der Waals surface area contributed by atoms with Crippen LogP contribution < -0.4 is 14.8 Å². The molecule has 1 amide bonds. The van der Waals surface area contributed by atoms with Crippen LogP contribution in [0.2, 0.25) is 0 Å². The molecule has 1 N–H and O–H groups in total. The molecule has 27 heavy (non-hydrogen) atoms. The number of non-ortho nitro benzene ring substituents is 1. The second kappa shape index (κ2) is 8.35. The van der Waals surface area contributed by atoms with E-state index >= 15 is 0 Å². The first-order chi connectivity index (χ1) is 13.1. The summed E-state index contributed by atoms with van der Waals surface area (Å²) in [6, 6.07) is 11.5. The summed E-state index contributed by atoms with van der Waals surface area (Å²) >= 11 is 0. The van der Waals surface area contributed by atoms with Crippen LogP contribution in [-0.2, 0) is 4.79 Å². The minimum atomic E-state index is -0.459. The Bertz CT molecular complexity index is 861. The molecule has 0 fully saturated rings. The third-order valence-corrected chi connectivity index (χ3v) is 4.22. The Balaban J connectivity index is 1.65. The summed E-state index contributed by atoms with van der Waals surface area (Å²) in [6.07, 6.45) is 3.76. The van der Waals surface area contributed by atoms with Gasteiger partial charge in [-0.05, 0) is 47.9 Å². The van der Waals surface area contributed by atoms with Crippen LogP contribution in [0.25, 0.3) is 6.08 Å². The smallest absolute Gasteiger partial charge is 0.269 e. The highest BCUT2D eigenvalue weighted by atomic mass is 16.6. The summed E-state index contributed by atoms with van der Waals surface area (Å²) in [4.78, 5) is 22.5. The van der Waals surface area contributed by atoms with Crippen molar-refractivity contribution in [2.45, 2.75) is 19.4 Å². The molecular weight excluding hydrogens is 348 g/mol. The molecule has 0 radical (unpaired) electrons. The van der Waals surface area contributed by atoms with E-state index in [4.69, 9.17) is 9.47 Å². The van der Waals surface area contributed by atoms with Crippen molar-refractivity contribution < 1.29 is 19.2 Å². The molecule has 3 rings (SSSR count). The molecule has 1 aliphatic heterocycles. The normalized spacial score (nSPS) is 14.0. The largest absolute Gasteiger partial charge is 0.486 e. The van der Waals surface area contributed by atoms with Crippen LogP contribution >= 0.6 is 0 Å². The van der Waals surface area contributed by atoms with Gasteiger partial charge in [-0.15, -0.1) is 0 Å². The Labute approximate surface area is 156 Å². The molecule has 7 heteroatoms. The molecule has 1 heterocycles. The molecule has 0 saturated heterocycles. The van der Waals surface area contributed by atoms with Crippen LogP contribution in [-0.4, -0.2) is 24.0 Å². The minimum absolute atomic E-state index is 0.0151. The Hall–Kier alpha value is -3.35. The van der Waals surface area contributed by atoms with Crippen molar-refractivity contribution in [1.82, 2.24) is 5.32 Å². The zero-order valence-corrected chi connectivity index (χ0v) is 14.9. The second-order valence-corrected chi connectivity index (χ2v) is 6.05. The SMILES string of the molecule is CCC(NC(=O)C=Cc1ccc([N+](=O)[O-])cc1)c1ccc2c(c1)OCCO2. The van der Waals surface area contributed by atoms with Gasteiger partial charge < -0.3 is 14.8 Å². The van der Waals surface area contributed by atoms with E-state index in [2.05, 4.69) is 5.32 Å². The number of hydrogen-bond acceptors (Lipinski definition) is 5. The van der Waals surface area contributed by atoms with Crippen LogP contribution in [0.5, 0.6) is 11.5 Å². The van der Waals surface area contributed by atoms with Crippen LogP contribution in [0.1, 0.15) is 30.5 Å². The van der Waals surface area contributed by atoms with Crippen LogP contribution in [0.15, 0.2) is 48.5 Å². The highest BCUT2D eigenvalue weighted by molar-refractivity contribution is 5.92. The first kappa shape index (κ1) is 18.4. The maximum atomic E-state index is 12.3. The van der Waals surface area contributed by atoms with Crippen LogP contribution in [0, 0.1) is 10.1 Å². The molecule has 0 aromatic heterocycles. The molecule has 140 valence electrons. The monoisotopic (exact) mass is 368 g/mol. The third-order valence-electron chi connectivity index (χ3n) is 4.22.